The molecule has 0 aliphatic rings. The molecular weight excluding hydrogens is 583 g/mol. The number of para-hydroxylation sites is 1. The van der Waals surface area contributed by atoms with E-state index in [4.69, 9.17) is 4.42 Å². The molecule has 48 heavy (non-hydrogen) atoms. The van der Waals surface area contributed by atoms with E-state index >= 15 is 0 Å². The number of rotatable bonds is 6. The first-order valence-corrected chi connectivity index (χ1v) is 16.6. The van der Waals surface area contributed by atoms with Crippen molar-refractivity contribution in [1.82, 2.24) is 0 Å². The van der Waals surface area contributed by atoms with E-state index in [0.717, 1.165) is 34.0 Å². The molecule has 0 radical (unpaired) electrons. The molecule has 2 heteroatoms. The van der Waals surface area contributed by atoms with Gasteiger partial charge in [0.05, 0.1) is 0 Å². The van der Waals surface area contributed by atoms with E-state index in [9.17, 15) is 0 Å². The van der Waals surface area contributed by atoms with Gasteiger partial charge >= 0.3 is 0 Å². The van der Waals surface area contributed by atoms with Crippen LogP contribution >= 0.6 is 0 Å². The molecule has 0 N–H and O–H groups in total. The summed E-state index contributed by atoms with van der Waals surface area (Å²) in [5, 5.41) is 3.67. The molecule has 0 aliphatic carbocycles. The molecule has 0 atom stereocenters. The minimum Gasteiger partial charge on any atom is -0.456 e. The fourth-order valence-corrected chi connectivity index (χ4v) is 6.83. The van der Waals surface area contributed by atoms with Crippen molar-refractivity contribution in [2.75, 3.05) is 4.90 Å². The molecule has 7 aromatic carbocycles. The predicted octanol–water partition coefficient (Wildman–Crippen LogP) is 13.4. The maximum Gasteiger partial charge on any atom is 0.139 e. The van der Waals surface area contributed by atoms with Crippen LogP contribution in [0, 0.1) is 0 Å². The Morgan fingerprint density at radius 1 is 0.417 bits per heavy atom. The molecule has 0 saturated heterocycles. The van der Waals surface area contributed by atoms with E-state index in [0.29, 0.717) is 0 Å². The number of hydrogen-bond acceptors (Lipinski definition) is 2. The lowest BCUT2D eigenvalue weighted by atomic mass is 9.83. The Hall–Kier alpha value is -5.86. The second kappa shape index (κ2) is 12.1. The summed E-state index contributed by atoms with van der Waals surface area (Å²) in [4.78, 5) is 2.34. The molecule has 2 nitrogen and oxygen atoms in total. The molecule has 0 unspecified atom stereocenters. The smallest absolute Gasteiger partial charge is 0.139 e. The zero-order valence-corrected chi connectivity index (χ0v) is 27.5. The quantitative estimate of drug-likeness (QED) is 0.184. The third-order valence-electron chi connectivity index (χ3n) is 9.15. The van der Waals surface area contributed by atoms with Gasteiger partial charge in [-0.2, -0.15) is 0 Å². The van der Waals surface area contributed by atoms with Crippen LogP contribution in [0.2, 0.25) is 0 Å². The Labute approximate surface area is 282 Å². The van der Waals surface area contributed by atoms with Gasteiger partial charge in [0, 0.05) is 33.6 Å². The van der Waals surface area contributed by atoms with Gasteiger partial charge in [0.1, 0.15) is 11.3 Å². The summed E-state index contributed by atoms with van der Waals surface area (Å²) in [5.74, 6) is 0.927. The van der Waals surface area contributed by atoms with Crippen molar-refractivity contribution in [3.8, 4) is 33.6 Å². The molecule has 0 bridgehead atoms. The van der Waals surface area contributed by atoms with E-state index in [-0.39, 0.29) is 5.41 Å². The number of anilines is 3. The Bertz CT molecular complexity index is 2360. The maximum absolute atomic E-state index is 6.60. The highest BCUT2D eigenvalue weighted by molar-refractivity contribution is 5.91. The van der Waals surface area contributed by atoms with E-state index < -0.39 is 0 Å². The normalized spacial score (nSPS) is 11.6. The molecule has 0 fully saturated rings. The van der Waals surface area contributed by atoms with Crippen molar-refractivity contribution < 1.29 is 4.42 Å². The zero-order valence-electron chi connectivity index (χ0n) is 27.5. The average Bonchev–Trinajstić information content (AvgIpc) is 3.54. The highest BCUT2D eigenvalue weighted by atomic mass is 16.3. The lowest BCUT2D eigenvalue weighted by Gasteiger charge is -2.27. The first-order valence-electron chi connectivity index (χ1n) is 16.6. The summed E-state index contributed by atoms with van der Waals surface area (Å²) in [6, 6.07) is 60.6. The Morgan fingerprint density at radius 3 is 1.69 bits per heavy atom. The van der Waals surface area contributed by atoms with Crippen molar-refractivity contribution in [3.05, 3.63) is 175 Å². The minimum absolute atomic E-state index is 0.0938. The van der Waals surface area contributed by atoms with Crippen LogP contribution in [0.1, 0.15) is 26.3 Å². The van der Waals surface area contributed by atoms with Crippen molar-refractivity contribution in [2.45, 2.75) is 26.2 Å². The highest BCUT2D eigenvalue weighted by Gasteiger charge is 2.26. The van der Waals surface area contributed by atoms with Gasteiger partial charge in [-0.1, -0.05) is 142 Å². The zero-order chi connectivity index (χ0) is 32.7. The predicted molar refractivity (Wildman–Crippen MR) is 203 cm³/mol. The summed E-state index contributed by atoms with van der Waals surface area (Å²) in [5.41, 5.74) is 11.2. The third kappa shape index (κ3) is 5.56. The van der Waals surface area contributed by atoms with Crippen LogP contribution in [0.3, 0.4) is 0 Å². The van der Waals surface area contributed by atoms with Gasteiger partial charge in [0.2, 0.25) is 0 Å². The van der Waals surface area contributed by atoms with Crippen LogP contribution in [-0.4, -0.2) is 0 Å². The lowest BCUT2D eigenvalue weighted by Crippen LogP contribution is -2.12. The summed E-state index contributed by atoms with van der Waals surface area (Å²) in [6.07, 6.45) is 0. The molecule has 1 heterocycles. The van der Waals surface area contributed by atoms with E-state index in [1.807, 2.05) is 6.07 Å². The Kier molecular flexibility index (Phi) is 7.42. The molecule has 0 spiro atoms. The van der Waals surface area contributed by atoms with Crippen LogP contribution in [0.25, 0.3) is 55.3 Å². The first-order chi connectivity index (χ1) is 23.4. The summed E-state index contributed by atoms with van der Waals surface area (Å²) >= 11 is 0. The molecule has 0 amide bonds. The number of nitrogens with zero attached hydrogens (tertiary/aromatic N) is 1. The van der Waals surface area contributed by atoms with Crippen LogP contribution < -0.4 is 4.90 Å². The van der Waals surface area contributed by atoms with Gasteiger partial charge in [-0.25, -0.2) is 0 Å². The molecule has 0 aliphatic heterocycles. The minimum atomic E-state index is -0.0938. The monoisotopic (exact) mass is 619 g/mol. The van der Waals surface area contributed by atoms with Crippen molar-refractivity contribution in [2.24, 2.45) is 0 Å². The average molecular weight is 620 g/mol. The fourth-order valence-electron chi connectivity index (χ4n) is 6.83. The molecule has 232 valence electrons. The van der Waals surface area contributed by atoms with Crippen LogP contribution in [0.15, 0.2) is 174 Å². The van der Waals surface area contributed by atoms with Crippen LogP contribution in [0.5, 0.6) is 0 Å². The summed E-state index contributed by atoms with van der Waals surface area (Å²) in [6.45, 7) is 6.78. The largest absolute Gasteiger partial charge is 0.456 e. The number of fused-ring (bicyclic) bond motifs is 2. The molecule has 8 rings (SSSR count). The van der Waals surface area contributed by atoms with Crippen molar-refractivity contribution >= 4 is 38.8 Å². The van der Waals surface area contributed by atoms with Crippen molar-refractivity contribution in [3.63, 3.8) is 0 Å². The molecule has 0 saturated carbocycles. The Morgan fingerprint density at radius 2 is 0.979 bits per heavy atom. The topological polar surface area (TPSA) is 16.4 Å². The lowest BCUT2D eigenvalue weighted by molar-refractivity contribution is 0.568. The second-order valence-electron chi connectivity index (χ2n) is 13.5. The van der Waals surface area contributed by atoms with Gasteiger partial charge in [-0.3, -0.25) is 0 Å². The maximum atomic E-state index is 6.60. The molecule has 8 aromatic rings. The number of benzene rings is 7. The summed E-state index contributed by atoms with van der Waals surface area (Å²) in [7, 11) is 0. The van der Waals surface area contributed by atoms with Crippen molar-refractivity contribution in [1.29, 1.82) is 0 Å². The van der Waals surface area contributed by atoms with Gasteiger partial charge in [-0.05, 0) is 87.0 Å². The van der Waals surface area contributed by atoms with Crippen LogP contribution in [-0.2, 0) is 5.41 Å². The number of hydrogen-bond donors (Lipinski definition) is 0. The van der Waals surface area contributed by atoms with Gasteiger partial charge in [0.25, 0.3) is 0 Å². The number of furan rings is 1. The fraction of sp³-hybridized carbons (Fsp3) is 0.0870. The Balaban J connectivity index is 1.24. The van der Waals surface area contributed by atoms with Crippen LogP contribution in [0.4, 0.5) is 17.1 Å². The molecule has 1 aromatic heterocycles. The van der Waals surface area contributed by atoms with Gasteiger partial charge in [0.15, 0.2) is 0 Å². The van der Waals surface area contributed by atoms with Gasteiger partial charge in [-0.15, -0.1) is 0 Å². The van der Waals surface area contributed by atoms with E-state index in [1.54, 1.807) is 0 Å². The van der Waals surface area contributed by atoms with Gasteiger partial charge < -0.3 is 9.32 Å². The SMILES string of the molecule is CC(C)(C)c1c(-c2cccc(N(c3ccc(-c4ccccc4)cc3)c3ccc(-c4ccc5ccccc5c4)cc3)c2)oc2ccccc12. The third-order valence-corrected chi connectivity index (χ3v) is 9.15. The van der Waals surface area contributed by atoms with E-state index in [2.05, 4.69) is 189 Å². The highest BCUT2D eigenvalue weighted by Crippen LogP contribution is 2.43. The molecular formula is C46H37NO. The first kappa shape index (κ1) is 29.5. The second-order valence-corrected chi connectivity index (χ2v) is 13.5. The van der Waals surface area contributed by atoms with E-state index in [1.165, 1.54) is 44.0 Å². The summed E-state index contributed by atoms with van der Waals surface area (Å²) < 4.78 is 6.60. The standard InChI is InChI=1S/C46H37NO/c1-46(2,3)44-42-18-9-10-19-43(42)48-45(44)38-16-11-17-41(31-38)47(39-26-22-34(23-27-39)32-12-5-4-6-13-32)40-28-24-35(25-29-40)37-21-20-33-14-7-8-15-36(33)30-37/h4-31H,1-3H3.